The van der Waals surface area contributed by atoms with Crippen molar-refractivity contribution in [1.82, 2.24) is 19.4 Å². The monoisotopic (exact) mass is 403 g/mol. The third-order valence-corrected chi connectivity index (χ3v) is 6.36. The number of fused-ring (bicyclic) bond motifs is 1. The Hall–Kier alpha value is -2.91. The Kier molecular flexibility index (Phi) is 5.48. The molecule has 0 spiro atoms. The molecule has 1 aliphatic rings. The fraction of sp³-hybridized carbons (Fsp3) is 0.458. The summed E-state index contributed by atoms with van der Waals surface area (Å²) in [7, 11) is 1.92. The molecule has 1 fully saturated rings. The maximum Gasteiger partial charge on any atom is 0.234 e. The third-order valence-electron chi connectivity index (χ3n) is 6.36. The van der Waals surface area contributed by atoms with Crippen LogP contribution in [0, 0.1) is 23.7 Å². The highest BCUT2D eigenvalue weighted by Gasteiger charge is 2.30. The smallest absolute Gasteiger partial charge is 0.234 e. The molecule has 0 bridgehead atoms. The minimum Gasteiger partial charge on any atom is -0.493 e. The van der Waals surface area contributed by atoms with Gasteiger partial charge in [0.05, 0.1) is 12.3 Å². The second kappa shape index (κ2) is 8.08. The number of likely N-dealkylation sites (tertiary alicyclic amines) is 1. The van der Waals surface area contributed by atoms with E-state index in [9.17, 15) is 5.26 Å². The lowest BCUT2D eigenvalue weighted by Crippen LogP contribution is -2.41. The van der Waals surface area contributed by atoms with Crippen LogP contribution in [-0.2, 0) is 7.05 Å². The molecule has 1 saturated heterocycles. The summed E-state index contributed by atoms with van der Waals surface area (Å²) in [5.41, 5.74) is 3.81. The van der Waals surface area contributed by atoms with Crippen LogP contribution in [0.5, 0.6) is 5.75 Å². The van der Waals surface area contributed by atoms with E-state index in [1.807, 2.05) is 36.0 Å². The van der Waals surface area contributed by atoms with Crippen LogP contribution in [0.4, 0.5) is 0 Å². The lowest BCUT2D eigenvalue weighted by molar-refractivity contribution is 0.0712. The van der Waals surface area contributed by atoms with Crippen molar-refractivity contribution in [2.75, 3.05) is 26.2 Å². The van der Waals surface area contributed by atoms with Gasteiger partial charge in [0.1, 0.15) is 17.5 Å². The second-order valence-electron chi connectivity index (χ2n) is 8.69. The Morgan fingerprint density at radius 1 is 1.20 bits per heavy atom. The SMILES string of the molecule is CCN1CCC(C)(COc2ccc(-c3nc(C#N)nc4c3ccn4C)cc2C)CC1. The quantitative estimate of drug-likeness (QED) is 0.635. The van der Waals surface area contributed by atoms with Crippen molar-refractivity contribution in [3.05, 3.63) is 41.9 Å². The van der Waals surface area contributed by atoms with Gasteiger partial charge in [-0.1, -0.05) is 13.8 Å². The van der Waals surface area contributed by atoms with E-state index in [2.05, 4.69) is 47.8 Å². The summed E-state index contributed by atoms with van der Waals surface area (Å²) in [6, 6.07) is 10.2. The Morgan fingerprint density at radius 3 is 2.63 bits per heavy atom. The van der Waals surface area contributed by atoms with Gasteiger partial charge in [0, 0.05) is 29.6 Å². The summed E-state index contributed by atoms with van der Waals surface area (Å²) in [4.78, 5) is 11.3. The predicted octanol–water partition coefficient (Wildman–Crippen LogP) is 4.32. The average molecular weight is 404 g/mol. The van der Waals surface area contributed by atoms with E-state index in [0.717, 1.165) is 59.8 Å². The number of nitrogens with zero attached hydrogens (tertiary/aromatic N) is 5. The van der Waals surface area contributed by atoms with Crippen LogP contribution in [0.15, 0.2) is 30.5 Å². The highest BCUT2D eigenvalue weighted by atomic mass is 16.5. The molecule has 0 amide bonds. The number of rotatable bonds is 5. The summed E-state index contributed by atoms with van der Waals surface area (Å²) in [6.07, 6.45) is 4.28. The van der Waals surface area contributed by atoms with E-state index in [1.165, 1.54) is 12.8 Å². The maximum atomic E-state index is 9.34. The molecule has 1 aromatic carbocycles. The van der Waals surface area contributed by atoms with Gasteiger partial charge in [0.15, 0.2) is 0 Å². The number of hydrogen-bond donors (Lipinski definition) is 0. The highest BCUT2D eigenvalue weighted by molar-refractivity contribution is 5.91. The molecule has 2 aromatic heterocycles. The van der Waals surface area contributed by atoms with E-state index in [-0.39, 0.29) is 11.2 Å². The molecule has 0 saturated carbocycles. The van der Waals surface area contributed by atoms with E-state index in [0.29, 0.717) is 0 Å². The van der Waals surface area contributed by atoms with Gasteiger partial charge in [-0.25, -0.2) is 9.97 Å². The molecule has 3 aromatic rings. The highest BCUT2D eigenvalue weighted by Crippen LogP contribution is 2.34. The number of aryl methyl sites for hydroxylation is 2. The molecule has 0 aliphatic carbocycles. The largest absolute Gasteiger partial charge is 0.493 e. The molecule has 0 N–H and O–H groups in total. The van der Waals surface area contributed by atoms with Gasteiger partial charge in [-0.15, -0.1) is 0 Å². The van der Waals surface area contributed by atoms with E-state index < -0.39 is 0 Å². The predicted molar refractivity (Wildman–Crippen MR) is 118 cm³/mol. The van der Waals surface area contributed by atoms with Crippen molar-refractivity contribution in [2.45, 2.75) is 33.6 Å². The maximum absolute atomic E-state index is 9.34. The van der Waals surface area contributed by atoms with Crippen molar-refractivity contribution >= 4 is 11.0 Å². The Morgan fingerprint density at radius 2 is 1.97 bits per heavy atom. The first kappa shape index (κ1) is 20.4. The zero-order chi connectivity index (χ0) is 21.3. The lowest BCUT2D eigenvalue weighted by Gasteiger charge is -2.38. The fourth-order valence-electron chi connectivity index (χ4n) is 4.17. The van der Waals surface area contributed by atoms with Gasteiger partial charge in [-0.2, -0.15) is 5.26 Å². The van der Waals surface area contributed by atoms with Crippen LogP contribution in [0.2, 0.25) is 0 Å². The topological polar surface area (TPSA) is 67.0 Å². The lowest BCUT2D eigenvalue weighted by atomic mass is 9.81. The minimum atomic E-state index is 0.184. The molecule has 6 heteroatoms. The van der Waals surface area contributed by atoms with Gasteiger partial charge in [-0.3, -0.25) is 0 Å². The van der Waals surface area contributed by atoms with Crippen molar-refractivity contribution in [3.8, 4) is 23.1 Å². The summed E-state index contributed by atoms with van der Waals surface area (Å²) < 4.78 is 8.18. The third kappa shape index (κ3) is 3.90. The van der Waals surface area contributed by atoms with Gasteiger partial charge in [-0.05, 0) is 69.2 Å². The summed E-state index contributed by atoms with van der Waals surface area (Å²) in [5.74, 6) is 1.10. The second-order valence-corrected chi connectivity index (χ2v) is 8.69. The van der Waals surface area contributed by atoms with Crippen molar-refractivity contribution in [2.24, 2.45) is 12.5 Å². The van der Waals surface area contributed by atoms with Gasteiger partial charge >= 0.3 is 0 Å². The molecule has 0 radical (unpaired) electrons. The van der Waals surface area contributed by atoms with Crippen molar-refractivity contribution in [1.29, 1.82) is 5.26 Å². The number of benzene rings is 1. The van der Waals surface area contributed by atoms with E-state index >= 15 is 0 Å². The minimum absolute atomic E-state index is 0.184. The molecule has 156 valence electrons. The van der Waals surface area contributed by atoms with Gasteiger partial charge in [0.25, 0.3) is 0 Å². The first-order valence-corrected chi connectivity index (χ1v) is 10.6. The standard InChI is InChI=1S/C24H29N5O/c1-5-29-12-9-24(3,10-13-29)16-30-20-7-6-18(14-17(20)2)22-19-8-11-28(4)23(19)27-21(15-25)26-22/h6-8,11,14H,5,9-10,12-13,16H2,1-4H3. The van der Waals surface area contributed by atoms with Gasteiger partial charge < -0.3 is 14.2 Å². The summed E-state index contributed by atoms with van der Waals surface area (Å²) >= 11 is 0. The van der Waals surface area contributed by atoms with Crippen LogP contribution < -0.4 is 4.74 Å². The zero-order valence-electron chi connectivity index (χ0n) is 18.3. The summed E-state index contributed by atoms with van der Waals surface area (Å²) in [6.45, 7) is 10.8. The molecule has 3 heterocycles. The number of aromatic nitrogens is 3. The average Bonchev–Trinajstić information content (AvgIpc) is 3.13. The number of ether oxygens (including phenoxy) is 1. The van der Waals surface area contributed by atoms with Crippen molar-refractivity contribution < 1.29 is 4.74 Å². The van der Waals surface area contributed by atoms with E-state index in [4.69, 9.17) is 4.74 Å². The molecule has 0 atom stereocenters. The number of hydrogen-bond acceptors (Lipinski definition) is 5. The molecule has 4 rings (SSSR count). The van der Waals surface area contributed by atoms with Gasteiger partial charge in [0.2, 0.25) is 5.82 Å². The Bertz CT molecular complexity index is 1100. The van der Waals surface area contributed by atoms with Crippen molar-refractivity contribution in [3.63, 3.8) is 0 Å². The summed E-state index contributed by atoms with van der Waals surface area (Å²) in [5, 5.41) is 10.3. The molecular weight excluding hydrogens is 374 g/mol. The first-order chi connectivity index (χ1) is 14.4. The molecule has 6 nitrogen and oxygen atoms in total. The normalized spacial score (nSPS) is 16.5. The van der Waals surface area contributed by atoms with Crippen LogP contribution >= 0.6 is 0 Å². The zero-order valence-corrected chi connectivity index (χ0v) is 18.3. The molecule has 1 aliphatic heterocycles. The molecule has 0 unspecified atom stereocenters. The number of nitriles is 1. The Labute approximate surface area is 178 Å². The van der Waals surface area contributed by atoms with Crippen LogP contribution in [0.1, 0.15) is 38.1 Å². The van der Waals surface area contributed by atoms with Crippen LogP contribution in [0.25, 0.3) is 22.3 Å². The first-order valence-electron chi connectivity index (χ1n) is 10.6. The van der Waals surface area contributed by atoms with Crippen LogP contribution in [0.3, 0.4) is 0 Å². The van der Waals surface area contributed by atoms with Crippen LogP contribution in [-0.4, -0.2) is 45.7 Å². The Balaban J connectivity index is 1.56. The number of piperidine rings is 1. The molecule has 30 heavy (non-hydrogen) atoms. The fourth-order valence-corrected chi connectivity index (χ4v) is 4.17. The molecular formula is C24H29N5O. The van der Waals surface area contributed by atoms with E-state index in [1.54, 1.807) is 0 Å².